The van der Waals surface area contributed by atoms with Crippen molar-refractivity contribution >= 4 is 10.0 Å². The summed E-state index contributed by atoms with van der Waals surface area (Å²) in [4.78, 5) is 6.85. The average molecular weight is 272 g/mol. The van der Waals surface area contributed by atoms with Crippen LogP contribution in [-0.4, -0.2) is 41.3 Å². The molecule has 7 heteroatoms. The molecule has 0 bridgehead atoms. The molecule has 2 heterocycles. The molecule has 3 N–H and O–H groups in total. The number of nitrogens with one attached hydrogen (secondary N) is 1. The van der Waals surface area contributed by atoms with E-state index in [1.165, 1.54) is 10.5 Å². The van der Waals surface area contributed by atoms with Gasteiger partial charge in [-0.1, -0.05) is 20.8 Å². The molecule has 1 fully saturated rings. The molecule has 0 unspecified atom stereocenters. The van der Waals surface area contributed by atoms with Crippen molar-refractivity contribution in [2.24, 2.45) is 11.7 Å². The molecule has 1 aliphatic heterocycles. The largest absolute Gasteiger partial charge is 0.332 e. The van der Waals surface area contributed by atoms with Crippen LogP contribution in [0.5, 0.6) is 0 Å². The highest BCUT2D eigenvalue weighted by Gasteiger charge is 2.48. The van der Waals surface area contributed by atoms with Crippen molar-refractivity contribution in [3.05, 3.63) is 12.0 Å². The van der Waals surface area contributed by atoms with Crippen LogP contribution in [0.15, 0.2) is 11.2 Å². The van der Waals surface area contributed by atoms with E-state index in [9.17, 15) is 8.42 Å². The van der Waals surface area contributed by atoms with Crippen molar-refractivity contribution in [2.45, 2.75) is 37.8 Å². The predicted molar refractivity (Wildman–Crippen MR) is 68.5 cm³/mol. The molecule has 1 aliphatic rings. The molecule has 0 amide bonds. The van der Waals surface area contributed by atoms with Crippen LogP contribution < -0.4 is 5.73 Å². The van der Waals surface area contributed by atoms with E-state index >= 15 is 0 Å². The normalized spacial score (nSPS) is 20.1. The molecule has 1 aromatic rings. The Labute approximate surface area is 108 Å². The van der Waals surface area contributed by atoms with Crippen molar-refractivity contribution in [3.8, 4) is 0 Å². The van der Waals surface area contributed by atoms with Gasteiger partial charge in [0.2, 0.25) is 0 Å². The topological polar surface area (TPSA) is 92.1 Å². The van der Waals surface area contributed by atoms with Crippen LogP contribution in [-0.2, 0) is 16.4 Å². The highest BCUT2D eigenvalue weighted by molar-refractivity contribution is 7.89. The fourth-order valence-electron chi connectivity index (χ4n) is 1.94. The fourth-order valence-corrected chi connectivity index (χ4v) is 3.47. The highest BCUT2D eigenvalue weighted by atomic mass is 32.2. The second-order valence-corrected chi connectivity index (χ2v) is 7.12. The Morgan fingerprint density at radius 1 is 1.56 bits per heavy atom. The summed E-state index contributed by atoms with van der Waals surface area (Å²) in [6.45, 7) is 6.67. The first-order valence-electron chi connectivity index (χ1n) is 6.12. The van der Waals surface area contributed by atoms with E-state index in [4.69, 9.17) is 5.73 Å². The van der Waals surface area contributed by atoms with E-state index in [1.807, 2.05) is 20.8 Å². The molecule has 6 nitrogen and oxygen atoms in total. The zero-order valence-electron chi connectivity index (χ0n) is 11.0. The lowest BCUT2D eigenvalue weighted by molar-refractivity contribution is 0.110. The number of imidazole rings is 1. The number of rotatable bonds is 4. The van der Waals surface area contributed by atoms with Crippen LogP contribution in [0, 0.1) is 5.92 Å². The minimum atomic E-state index is -3.46. The van der Waals surface area contributed by atoms with Crippen molar-refractivity contribution < 1.29 is 8.42 Å². The molecule has 0 saturated carbocycles. The van der Waals surface area contributed by atoms with Crippen LogP contribution in [0.25, 0.3) is 0 Å². The third-order valence-electron chi connectivity index (χ3n) is 3.65. The molecule has 102 valence electrons. The molecule has 2 rings (SSSR count). The van der Waals surface area contributed by atoms with Crippen LogP contribution in [0.2, 0.25) is 0 Å². The first-order chi connectivity index (χ1) is 8.29. The average Bonchev–Trinajstić information content (AvgIpc) is 2.73. The number of aromatic amines is 1. The van der Waals surface area contributed by atoms with Gasteiger partial charge in [0, 0.05) is 25.0 Å². The van der Waals surface area contributed by atoms with Gasteiger partial charge in [-0.2, -0.15) is 4.31 Å². The maximum atomic E-state index is 12.3. The van der Waals surface area contributed by atoms with Gasteiger partial charge in [0.15, 0.2) is 5.03 Å². The van der Waals surface area contributed by atoms with E-state index in [0.29, 0.717) is 25.3 Å². The van der Waals surface area contributed by atoms with E-state index in [0.717, 1.165) is 0 Å². The maximum absolute atomic E-state index is 12.3. The number of H-pyrrole nitrogens is 1. The molecule has 0 radical (unpaired) electrons. The van der Waals surface area contributed by atoms with Crippen LogP contribution in [0.4, 0.5) is 0 Å². The van der Waals surface area contributed by atoms with Crippen LogP contribution in [0.3, 0.4) is 0 Å². The summed E-state index contributed by atoms with van der Waals surface area (Å²) in [5.41, 5.74) is 5.71. The lowest BCUT2D eigenvalue weighted by Crippen LogP contribution is -2.70. The molecule has 0 aliphatic carbocycles. The van der Waals surface area contributed by atoms with E-state index in [2.05, 4.69) is 9.97 Å². The summed E-state index contributed by atoms with van der Waals surface area (Å²) >= 11 is 0. The number of hydrogen-bond donors (Lipinski definition) is 2. The van der Waals surface area contributed by atoms with Gasteiger partial charge in [-0.15, -0.1) is 0 Å². The lowest BCUT2D eigenvalue weighted by atomic mass is 9.82. The van der Waals surface area contributed by atoms with Crippen molar-refractivity contribution in [1.82, 2.24) is 14.3 Å². The summed E-state index contributed by atoms with van der Waals surface area (Å²) < 4.78 is 25.9. The minimum absolute atomic E-state index is 0.158. The summed E-state index contributed by atoms with van der Waals surface area (Å²) in [5.74, 6) is 0.939. The predicted octanol–water partition coefficient (Wildman–Crippen LogP) is 0.330. The van der Waals surface area contributed by atoms with Gasteiger partial charge in [-0.3, -0.25) is 0 Å². The third kappa shape index (κ3) is 2.06. The Morgan fingerprint density at radius 2 is 2.17 bits per heavy atom. The maximum Gasteiger partial charge on any atom is 0.260 e. The number of hydrogen-bond acceptors (Lipinski definition) is 4. The number of sulfonamides is 1. The van der Waals surface area contributed by atoms with Gasteiger partial charge in [0.25, 0.3) is 10.0 Å². The highest BCUT2D eigenvalue weighted by Crippen LogP contribution is 2.30. The third-order valence-corrected chi connectivity index (χ3v) is 5.35. The Balaban J connectivity index is 2.15. The summed E-state index contributed by atoms with van der Waals surface area (Å²) in [7, 11) is -3.46. The first kappa shape index (κ1) is 13.5. The molecule has 18 heavy (non-hydrogen) atoms. The second kappa shape index (κ2) is 4.32. The number of aromatic nitrogens is 2. The second-order valence-electron chi connectivity index (χ2n) is 5.21. The number of nitrogens with two attached hydrogens (primary N) is 1. The molecule has 0 atom stereocenters. The smallest absolute Gasteiger partial charge is 0.260 e. The fraction of sp³-hybridized carbons (Fsp3) is 0.727. The molecule has 1 saturated heterocycles. The molecular formula is C11H20N4O2S. The standard InChI is InChI=1S/C11H20N4O2S/c1-4-9-13-5-10(14-9)18(16,17)15-6-11(12,7-15)8(2)3/h5,8H,4,6-7,12H2,1-3H3,(H,13,14). The Bertz CT molecular complexity index is 529. The Morgan fingerprint density at radius 3 is 2.61 bits per heavy atom. The minimum Gasteiger partial charge on any atom is -0.332 e. The quantitative estimate of drug-likeness (QED) is 0.826. The summed E-state index contributed by atoms with van der Waals surface area (Å²) in [6, 6.07) is 0. The SMILES string of the molecule is CCc1ncc(S(=O)(=O)N2CC(N)(C(C)C)C2)[nH]1. The van der Waals surface area contributed by atoms with Gasteiger partial charge in [-0.05, 0) is 5.92 Å². The molecule has 0 aromatic carbocycles. The van der Waals surface area contributed by atoms with Gasteiger partial charge >= 0.3 is 0 Å². The Kier molecular flexibility index (Phi) is 3.25. The van der Waals surface area contributed by atoms with Crippen molar-refractivity contribution in [1.29, 1.82) is 0 Å². The Hall–Kier alpha value is -0.920. The summed E-state index contributed by atoms with van der Waals surface area (Å²) in [5, 5.41) is 0.158. The van der Waals surface area contributed by atoms with E-state index in [1.54, 1.807) is 0 Å². The van der Waals surface area contributed by atoms with E-state index < -0.39 is 15.6 Å². The number of aryl methyl sites for hydroxylation is 1. The lowest BCUT2D eigenvalue weighted by Gasteiger charge is -2.48. The number of nitrogens with zero attached hydrogens (tertiary/aromatic N) is 2. The van der Waals surface area contributed by atoms with Crippen molar-refractivity contribution in [3.63, 3.8) is 0 Å². The van der Waals surface area contributed by atoms with Gasteiger partial charge in [0.1, 0.15) is 5.82 Å². The summed E-state index contributed by atoms with van der Waals surface area (Å²) in [6.07, 6.45) is 2.06. The molecule has 0 spiro atoms. The zero-order valence-corrected chi connectivity index (χ0v) is 11.8. The molecule has 1 aromatic heterocycles. The van der Waals surface area contributed by atoms with E-state index in [-0.39, 0.29) is 10.9 Å². The van der Waals surface area contributed by atoms with Crippen LogP contribution >= 0.6 is 0 Å². The zero-order chi connectivity index (χ0) is 13.6. The van der Waals surface area contributed by atoms with Crippen LogP contribution in [0.1, 0.15) is 26.6 Å². The van der Waals surface area contributed by atoms with Gasteiger partial charge in [-0.25, -0.2) is 13.4 Å². The van der Waals surface area contributed by atoms with Crippen molar-refractivity contribution in [2.75, 3.05) is 13.1 Å². The van der Waals surface area contributed by atoms with Gasteiger partial charge < -0.3 is 10.7 Å². The first-order valence-corrected chi connectivity index (χ1v) is 7.56. The monoisotopic (exact) mass is 272 g/mol. The molecular weight excluding hydrogens is 252 g/mol. The van der Waals surface area contributed by atoms with Gasteiger partial charge in [0.05, 0.1) is 6.20 Å².